The van der Waals surface area contributed by atoms with Gasteiger partial charge in [-0.2, -0.15) is 0 Å². The number of nitrogens with one attached hydrogen (secondary N) is 2. The average Bonchev–Trinajstić information content (AvgIpc) is 3.11. The van der Waals surface area contributed by atoms with Gasteiger partial charge >= 0.3 is 6.03 Å². The molecule has 2 rings (SSSR count). The van der Waals surface area contributed by atoms with Crippen molar-refractivity contribution in [1.82, 2.24) is 10.6 Å². The number of carbonyl (C=O) groups is 1. The molecule has 1 aliphatic carbocycles. The maximum absolute atomic E-state index is 11.5. The van der Waals surface area contributed by atoms with E-state index in [-0.39, 0.29) is 6.03 Å². The van der Waals surface area contributed by atoms with Crippen LogP contribution < -0.4 is 15.4 Å². The van der Waals surface area contributed by atoms with Crippen LogP contribution in [0.15, 0.2) is 18.2 Å². The molecule has 1 aromatic carbocycles. The fraction of sp³-hybridized carbons (Fsp3) is 0.417. The van der Waals surface area contributed by atoms with Gasteiger partial charge in [0.2, 0.25) is 0 Å². The van der Waals surface area contributed by atoms with Crippen molar-refractivity contribution in [2.75, 3.05) is 7.11 Å². The van der Waals surface area contributed by atoms with Crippen molar-refractivity contribution in [3.05, 3.63) is 28.8 Å². The topological polar surface area (TPSA) is 50.4 Å². The summed E-state index contributed by atoms with van der Waals surface area (Å²) in [6.45, 7) is 0.363. The zero-order chi connectivity index (χ0) is 12.3. The molecule has 0 heterocycles. The Morgan fingerprint density at radius 3 is 2.94 bits per heavy atom. The van der Waals surface area contributed by atoms with Crippen molar-refractivity contribution in [2.45, 2.75) is 25.4 Å². The third-order valence-electron chi connectivity index (χ3n) is 2.63. The van der Waals surface area contributed by atoms with Gasteiger partial charge in [0, 0.05) is 23.2 Å². The van der Waals surface area contributed by atoms with Crippen molar-refractivity contribution in [3.8, 4) is 5.75 Å². The molecule has 1 aromatic rings. The van der Waals surface area contributed by atoms with Crippen LogP contribution in [0, 0.1) is 0 Å². The Balaban J connectivity index is 1.94. The highest BCUT2D eigenvalue weighted by Crippen LogP contribution is 2.25. The van der Waals surface area contributed by atoms with E-state index in [1.54, 1.807) is 13.2 Å². The summed E-state index contributed by atoms with van der Waals surface area (Å²) in [7, 11) is 1.58. The number of carbonyl (C=O) groups excluding carboxylic acids is 1. The summed E-state index contributed by atoms with van der Waals surface area (Å²) in [5.74, 6) is 0.684. The molecule has 0 aliphatic heterocycles. The zero-order valence-corrected chi connectivity index (χ0v) is 10.4. The van der Waals surface area contributed by atoms with Crippen molar-refractivity contribution in [3.63, 3.8) is 0 Å². The molecule has 2 amide bonds. The van der Waals surface area contributed by atoms with Crippen LogP contribution in [0.25, 0.3) is 0 Å². The normalized spacial score (nSPS) is 14.2. The Kier molecular flexibility index (Phi) is 3.74. The number of amides is 2. The van der Waals surface area contributed by atoms with Crippen LogP contribution in [0.5, 0.6) is 5.75 Å². The van der Waals surface area contributed by atoms with E-state index in [4.69, 9.17) is 16.3 Å². The van der Waals surface area contributed by atoms with Crippen LogP contribution in [-0.4, -0.2) is 19.2 Å². The Hall–Kier alpha value is -1.42. The van der Waals surface area contributed by atoms with Gasteiger partial charge < -0.3 is 15.4 Å². The van der Waals surface area contributed by atoms with E-state index < -0.39 is 0 Å². The van der Waals surface area contributed by atoms with Gasteiger partial charge in [-0.3, -0.25) is 0 Å². The first-order valence-corrected chi connectivity index (χ1v) is 5.94. The summed E-state index contributed by atoms with van der Waals surface area (Å²) in [6.07, 6.45) is 2.14. The molecule has 0 unspecified atom stereocenters. The van der Waals surface area contributed by atoms with Crippen molar-refractivity contribution in [1.29, 1.82) is 0 Å². The third-order valence-corrected chi connectivity index (χ3v) is 2.99. The lowest BCUT2D eigenvalue weighted by Gasteiger charge is -2.11. The predicted molar refractivity (Wildman–Crippen MR) is 66.4 cm³/mol. The number of ether oxygens (including phenoxy) is 1. The highest BCUT2D eigenvalue weighted by Gasteiger charge is 2.23. The highest BCUT2D eigenvalue weighted by molar-refractivity contribution is 6.31. The van der Waals surface area contributed by atoms with Gasteiger partial charge in [0.1, 0.15) is 5.75 Å². The number of halogens is 1. The monoisotopic (exact) mass is 254 g/mol. The molecule has 17 heavy (non-hydrogen) atoms. The second-order valence-electron chi connectivity index (χ2n) is 4.02. The summed E-state index contributed by atoms with van der Waals surface area (Å²) in [4.78, 5) is 11.5. The van der Waals surface area contributed by atoms with E-state index in [2.05, 4.69) is 10.6 Å². The maximum atomic E-state index is 11.5. The lowest BCUT2D eigenvalue weighted by molar-refractivity contribution is 0.240. The molecular weight excluding hydrogens is 240 g/mol. The number of hydrogen-bond donors (Lipinski definition) is 2. The van der Waals surface area contributed by atoms with E-state index in [0.717, 1.165) is 18.4 Å². The first-order valence-electron chi connectivity index (χ1n) is 5.56. The van der Waals surface area contributed by atoms with Gasteiger partial charge in [-0.25, -0.2) is 4.79 Å². The van der Waals surface area contributed by atoms with E-state index in [9.17, 15) is 4.79 Å². The van der Waals surface area contributed by atoms with Crippen LogP contribution in [0.4, 0.5) is 4.79 Å². The van der Waals surface area contributed by atoms with Crippen molar-refractivity contribution >= 4 is 17.6 Å². The predicted octanol–water partition coefficient (Wildman–Crippen LogP) is 2.31. The van der Waals surface area contributed by atoms with Crippen molar-refractivity contribution in [2.24, 2.45) is 0 Å². The van der Waals surface area contributed by atoms with E-state index in [1.807, 2.05) is 12.1 Å². The summed E-state index contributed by atoms with van der Waals surface area (Å²) < 4.78 is 5.20. The molecular formula is C12H15ClN2O2. The lowest BCUT2D eigenvalue weighted by atomic mass is 10.2. The van der Waals surface area contributed by atoms with Crippen LogP contribution in [0.2, 0.25) is 5.02 Å². The molecule has 1 saturated carbocycles. The molecule has 0 atom stereocenters. The molecule has 92 valence electrons. The van der Waals surface area contributed by atoms with Gasteiger partial charge in [-0.1, -0.05) is 17.7 Å². The number of benzene rings is 1. The average molecular weight is 255 g/mol. The van der Waals surface area contributed by atoms with E-state index >= 15 is 0 Å². The molecule has 2 N–H and O–H groups in total. The smallest absolute Gasteiger partial charge is 0.315 e. The fourth-order valence-electron chi connectivity index (χ4n) is 1.53. The van der Waals surface area contributed by atoms with Gasteiger partial charge in [-0.05, 0) is 25.0 Å². The first kappa shape index (κ1) is 12.0. The van der Waals surface area contributed by atoms with Crippen LogP contribution in [0.3, 0.4) is 0 Å². The summed E-state index contributed by atoms with van der Waals surface area (Å²) in [6, 6.07) is 5.61. The number of methoxy groups -OCH3 is 1. The van der Waals surface area contributed by atoms with E-state index in [1.165, 1.54) is 0 Å². The zero-order valence-electron chi connectivity index (χ0n) is 9.63. The minimum atomic E-state index is -0.158. The van der Waals surface area contributed by atoms with Gasteiger partial charge in [0.05, 0.1) is 7.11 Å². The second kappa shape index (κ2) is 5.27. The quantitative estimate of drug-likeness (QED) is 0.866. The SMILES string of the molecule is COc1cccc(Cl)c1CNC(=O)NC1CC1. The van der Waals surface area contributed by atoms with Gasteiger partial charge in [0.15, 0.2) is 0 Å². The molecule has 4 nitrogen and oxygen atoms in total. The Labute approximate surface area is 105 Å². The highest BCUT2D eigenvalue weighted by atomic mass is 35.5. The largest absolute Gasteiger partial charge is 0.496 e. The minimum absolute atomic E-state index is 0.158. The summed E-state index contributed by atoms with van der Waals surface area (Å²) in [5.41, 5.74) is 0.794. The van der Waals surface area contributed by atoms with Gasteiger partial charge in [-0.15, -0.1) is 0 Å². The Bertz CT molecular complexity index is 419. The molecule has 0 saturated heterocycles. The third kappa shape index (κ3) is 3.27. The first-order chi connectivity index (χ1) is 8.20. The van der Waals surface area contributed by atoms with Crippen LogP contribution >= 0.6 is 11.6 Å². The van der Waals surface area contributed by atoms with Crippen LogP contribution in [0.1, 0.15) is 18.4 Å². The molecule has 0 radical (unpaired) electrons. The Morgan fingerprint density at radius 2 is 2.29 bits per heavy atom. The Morgan fingerprint density at radius 1 is 1.53 bits per heavy atom. The number of hydrogen-bond acceptors (Lipinski definition) is 2. The minimum Gasteiger partial charge on any atom is -0.496 e. The maximum Gasteiger partial charge on any atom is 0.315 e. The molecule has 0 aromatic heterocycles. The molecule has 1 aliphatic rings. The van der Waals surface area contributed by atoms with E-state index in [0.29, 0.717) is 23.4 Å². The number of rotatable bonds is 4. The molecule has 0 bridgehead atoms. The number of urea groups is 1. The molecule has 0 spiro atoms. The molecule has 5 heteroatoms. The standard InChI is InChI=1S/C12H15ClN2O2/c1-17-11-4-2-3-10(13)9(11)7-14-12(16)15-8-5-6-8/h2-4,8H,5-7H2,1H3,(H2,14,15,16). The van der Waals surface area contributed by atoms with Crippen molar-refractivity contribution < 1.29 is 9.53 Å². The fourth-order valence-corrected chi connectivity index (χ4v) is 1.77. The molecule has 1 fully saturated rings. The lowest BCUT2D eigenvalue weighted by Crippen LogP contribution is -2.36. The van der Waals surface area contributed by atoms with Crippen LogP contribution in [-0.2, 0) is 6.54 Å². The summed E-state index contributed by atoms with van der Waals surface area (Å²) >= 11 is 6.06. The second-order valence-corrected chi connectivity index (χ2v) is 4.43. The summed E-state index contributed by atoms with van der Waals surface area (Å²) in [5, 5.41) is 6.21. The van der Waals surface area contributed by atoms with Gasteiger partial charge in [0.25, 0.3) is 0 Å².